The summed E-state index contributed by atoms with van der Waals surface area (Å²) in [4.78, 5) is 24.5. The van der Waals surface area contributed by atoms with Crippen LogP contribution in [0.4, 0.5) is 0 Å². The monoisotopic (exact) mass is 443 g/mol. The van der Waals surface area contributed by atoms with Gasteiger partial charge in [0.25, 0.3) is 5.91 Å². The van der Waals surface area contributed by atoms with Gasteiger partial charge in [-0.25, -0.2) is 13.2 Å². The van der Waals surface area contributed by atoms with E-state index in [1.807, 2.05) is 0 Å². The fourth-order valence-electron chi connectivity index (χ4n) is 3.48. The average molecular weight is 443 g/mol. The molecule has 3 aromatic rings. The van der Waals surface area contributed by atoms with Gasteiger partial charge in [-0.1, -0.05) is 12.1 Å². The summed E-state index contributed by atoms with van der Waals surface area (Å²) in [7, 11) is -1.50. The molecule has 0 radical (unpaired) electrons. The minimum absolute atomic E-state index is 0.0452. The van der Waals surface area contributed by atoms with Gasteiger partial charge in [0, 0.05) is 17.5 Å². The standard InChI is InChI=1S/C22H21NO7S/c1-28-17-5-2-14(3-6-17)19-10-15-4-7-18(11-20(15)30-22(19)25)29-12-21(24)23-16-8-9-31(26,27)13-16/h2-7,10-11,16H,8-9,12-13H2,1H3,(H,23,24). The van der Waals surface area contributed by atoms with E-state index < -0.39 is 21.4 Å². The van der Waals surface area contributed by atoms with Gasteiger partial charge in [-0.05, 0) is 42.3 Å². The van der Waals surface area contributed by atoms with Crippen molar-refractivity contribution in [1.29, 1.82) is 0 Å². The molecule has 1 aliphatic heterocycles. The summed E-state index contributed by atoms with van der Waals surface area (Å²) in [6.45, 7) is -0.268. The predicted octanol–water partition coefficient (Wildman–Crippen LogP) is 2.15. The lowest BCUT2D eigenvalue weighted by atomic mass is 10.1. The second-order valence-corrected chi connectivity index (χ2v) is 9.56. The maximum atomic E-state index is 12.5. The first-order chi connectivity index (χ1) is 14.8. The number of amides is 1. The third kappa shape index (κ3) is 4.88. The zero-order chi connectivity index (χ0) is 22.0. The van der Waals surface area contributed by atoms with Crippen LogP contribution in [0, 0.1) is 0 Å². The Morgan fingerprint density at radius 3 is 2.55 bits per heavy atom. The molecule has 4 rings (SSSR count). The molecule has 0 bridgehead atoms. The van der Waals surface area contributed by atoms with Crippen molar-refractivity contribution in [2.45, 2.75) is 12.5 Å². The summed E-state index contributed by atoms with van der Waals surface area (Å²) in [6.07, 6.45) is 0.408. The Balaban J connectivity index is 1.45. The summed E-state index contributed by atoms with van der Waals surface area (Å²) in [5, 5.41) is 3.37. The van der Waals surface area contributed by atoms with Gasteiger partial charge in [-0.3, -0.25) is 4.79 Å². The smallest absolute Gasteiger partial charge is 0.344 e. The van der Waals surface area contributed by atoms with E-state index in [9.17, 15) is 18.0 Å². The van der Waals surface area contributed by atoms with E-state index in [1.165, 1.54) is 0 Å². The normalized spacial score (nSPS) is 17.4. The predicted molar refractivity (Wildman–Crippen MR) is 115 cm³/mol. The maximum Gasteiger partial charge on any atom is 0.344 e. The first kappa shape index (κ1) is 20.9. The van der Waals surface area contributed by atoms with Gasteiger partial charge in [0.15, 0.2) is 16.4 Å². The van der Waals surface area contributed by atoms with E-state index >= 15 is 0 Å². The van der Waals surface area contributed by atoms with Crippen LogP contribution in [-0.2, 0) is 14.6 Å². The topological polar surface area (TPSA) is 112 Å². The minimum atomic E-state index is -3.07. The van der Waals surface area contributed by atoms with Crippen molar-refractivity contribution in [2.75, 3.05) is 25.2 Å². The zero-order valence-corrected chi connectivity index (χ0v) is 17.6. The maximum absolute atomic E-state index is 12.5. The molecule has 1 amide bonds. The average Bonchev–Trinajstić information content (AvgIpc) is 3.09. The van der Waals surface area contributed by atoms with Crippen molar-refractivity contribution >= 4 is 26.7 Å². The Morgan fingerprint density at radius 1 is 1.13 bits per heavy atom. The lowest BCUT2D eigenvalue weighted by Crippen LogP contribution is -2.38. The van der Waals surface area contributed by atoms with Crippen LogP contribution in [0.2, 0.25) is 0 Å². The lowest BCUT2D eigenvalue weighted by molar-refractivity contribution is -0.123. The zero-order valence-electron chi connectivity index (χ0n) is 16.8. The number of benzene rings is 2. The lowest BCUT2D eigenvalue weighted by Gasteiger charge is -2.12. The van der Waals surface area contributed by atoms with Crippen LogP contribution in [0.1, 0.15) is 6.42 Å². The van der Waals surface area contributed by atoms with E-state index in [0.717, 1.165) is 0 Å². The Kier molecular flexibility index (Phi) is 5.69. The highest BCUT2D eigenvalue weighted by molar-refractivity contribution is 7.91. The van der Waals surface area contributed by atoms with Gasteiger partial charge in [0.2, 0.25) is 0 Å². The molecule has 1 N–H and O–H groups in total. The highest BCUT2D eigenvalue weighted by Gasteiger charge is 2.28. The fourth-order valence-corrected chi connectivity index (χ4v) is 5.15. The van der Waals surface area contributed by atoms with Crippen LogP contribution >= 0.6 is 0 Å². The second-order valence-electron chi connectivity index (χ2n) is 7.33. The molecular formula is C22H21NO7S. The molecule has 1 atom stereocenters. The second kappa shape index (κ2) is 8.43. The van der Waals surface area contributed by atoms with Crippen molar-refractivity contribution in [3.63, 3.8) is 0 Å². The van der Waals surface area contributed by atoms with Crippen LogP contribution < -0.4 is 20.4 Å². The molecule has 2 aromatic carbocycles. The molecule has 1 unspecified atom stereocenters. The number of hydrogen-bond donors (Lipinski definition) is 1. The fraction of sp³-hybridized carbons (Fsp3) is 0.273. The van der Waals surface area contributed by atoms with Crippen molar-refractivity contribution < 1.29 is 27.1 Å². The molecule has 162 valence electrons. The summed E-state index contributed by atoms with van der Waals surface area (Å²) in [5.74, 6) is 0.687. The Labute approximate surface area is 178 Å². The minimum Gasteiger partial charge on any atom is -0.497 e. The number of rotatable bonds is 6. The van der Waals surface area contributed by atoms with Crippen LogP contribution in [0.15, 0.2) is 57.7 Å². The van der Waals surface area contributed by atoms with Crippen molar-refractivity contribution in [2.24, 2.45) is 0 Å². The van der Waals surface area contributed by atoms with E-state index in [2.05, 4.69) is 5.32 Å². The molecule has 8 nitrogen and oxygen atoms in total. The molecule has 31 heavy (non-hydrogen) atoms. The number of fused-ring (bicyclic) bond motifs is 1. The third-order valence-electron chi connectivity index (χ3n) is 5.08. The molecule has 1 aliphatic rings. The molecule has 9 heteroatoms. The number of ether oxygens (including phenoxy) is 2. The van der Waals surface area contributed by atoms with Gasteiger partial charge in [-0.15, -0.1) is 0 Å². The van der Waals surface area contributed by atoms with Gasteiger partial charge in [0.1, 0.15) is 17.1 Å². The molecule has 0 aliphatic carbocycles. The summed E-state index contributed by atoms with van der Waals surface area (Å²) < 4.78 is 39.0. The van der Waals surface area contributed by atoms with E-state index in [-0.39, 0.29) is 24.2 Å². The quantitative estimate of drug-likeness (QED) is 0.581. The largest absolute Gasteiger partial charge is 0.497 e. The van der Waals surface area contributed by atoms with Gasteiger partial charge in [0.05, 0.1) is 24.2 Å². The SMILES string of the molecule is COc1ccc(-c2cc3ccc(OCC(=O)NC4CCS(=O)(=O)C4)cc3oc2=O)cc1. The molecule has 0 saturated carbocycles. The van der Waals surface area contributed by atoms with E-state index in [0.29, 0.717) is 40.0 Å². The molecule has 0 spiro atoms. The first-order valence-corrected chi connectivity index (χ1v) is 11.5. The number of carbonyl (C=O) groups excluding carboxylic acids is 1. The molecule has 1 aromatic heterocycles. The van der Waals surface area contributed by atoms with Crippen molar-refractivity contribution in [3.05, 3.63) is 59.0 Å². The number of sulfone groups is 1. The van der Waals surface area contributed by atoms with Crippen LogP contribution in [0.3, 0.4) is 0 Å². The van der Waals surface area contributed by atoms with Crippen LogP contribution in [0.5, 0.6) is 11.5 Å². The molecule has 1 fully saturated rings. The van der Waals surface area contributed by atoms with Gasteiger partial charge >= 0.3 is 5.63 Å². The van der Waals surface area contributed by atoms with Crippen LogP contribution in [0.25, 0.3) is 22.1 Å². The summed E-state index contributed by atoms with van der Waals surface area (Å²) in [5.41, 5.74) is 0.981. The molecule has 1 saturated heterocycles. The van der Waals surface area contributed by atoms with Crippen LogP contribution in [-0.4, -0.2) is 45.6 Å². The Bertz CT molecular complexity index is 1280. The van der Waals surface area contributed by atoms with E-state index in [1.54, 1.807) is 55.6 Å². The Hall–Kier alpha value is -3.33. The number of nitrogens with one attached hydrogen (secondary N) is 1. The molecule has 2 heterocycles. The highest BCUT2D eigenvalue weighted by atomic mass is 32.2. The summed E-state index contributed by atoms with van der Waals surface area (Å²) >= 11 is 0. The van der Waals surface area contributed by atoms with Gasteiger partial charge < -0.3 is 19.2 Å². The number of methoxy groups -OCH3 is 1. The van der Waals surface area contributed by atoms with Crippen molar-refractivity contribution in [3.8, 4) is 22.6 Å². The van der Waals surface area contributed by atoms with Crippen molar-refractivity contribution in [1.82, 2.24) is 5.32 Å². The van der Waals surface area contributed by atoms with Gasteiger partial charge in [-0.2, -0.15) is 0 Å². The first-order valence-electron chi connectivity index (χ1n) is 9.68. The Morgan fingerprint density at radius 2 is 1.87 bits per heavy atom. The summed E-state index contributed by atoms with van der Waals surface area (Å²) in [6, 6.07) is 13.4. The number of hydrogen-bond acceptors (Lipinski definition) is 7. The highest BCUT2D eigenvalue weighted by Crippen LogP contribution is 2.25. The third-order valence-corrected chi connectivity index (χ3v) is 6.84. The number of carbonyl (C=O) groups is 1. The van der Waals surface area contributed by atoms with E-state index in [4.69, 9.17) is 13.9 Å². The molecular weight excluding hydrogens is 422 g/mol.